The first-order valence-corrected chi connectivity index (χ1v) is 10.4. The van der Waals surface area contributed by atoms with Gasteiger partial charge >= 0.3 is 0 Å². The summed E-state index contributed by atoms with van der Waals surface area (Å²) in [5, 5.41) is 1.45. The van der Waals surface area contributed by atoms with Crippen molar-refractivity contribution in [3.8, 4) is 22.8 Å². The minimum Gasteiger partial charge on any atom is -0.497 e. The SMILES string of the molecule is COc1ccc(CC(=O)c2sc3nc(-c4ccc(Cl)cc4)ccc3c2N)c(OC)c1. The predicted octanol–water partition coefficient (Wildman–Crippen LogP) is 5.64. The maximum Gasteiger partial charge on any atom is 0.179 e. The minimum absolute atomic E-state index is 0.0768. The number of carbonyl (C=O) groups is 1. The number of rotatable bonds is 6. The highest BCUT2D eigenvalue weighted by Gasteiger charge is 2.19. The van der Waals surface area contributed by atoms with Crippen molar-refractivity contribution in [2.75, 3.05) is 20.0 Å². The van der Waals surface area contributed by atoms with E-state index in [4.69, 9.17) is 31.8 Å². The molecule has 0 unspecified atom stereocenters. The van der Waals surface area contributed by atoms with Crippen molar-refractivity contribution in [3.63, 3.8) is 0 Å². The van der Waals surface area contributed by atoms with Gasteiger partial charge in [0.25, 0.3) is 0 Å². The number of nitrogens with zero attached hydrogens (tertiary/aromatic N) is 1. The van der Waals surface area contributed by atoms with Gasteiger partial charge in [0.05, 0.1) is 30.5 Å². The molecule has 0 aliphatic heterocycles. The van der Waals surface area contributed by atoms with E-state index in [2.05, 4.69) is 0 Å². The number of ketones is 1. The largest absolute Gasteiger partial charge is 0.497 e. The number of benzene rings is 2. The Hall–Kier alpha value is -3.09. The number of aromatic nitrogens is 1. The normalized spacial score (nSPS) is 10.9. The molecule has 0 saturated heterocycles. The molecule has 4 rings (SSSR count). The summed E-state index contributed by atoms with van der Waals surface area (Å²) in [5.41, 5.74) is 9.28. The molecule has 0 aliphatic carbocycles. The Morgan fingerprint density at radius 3 is 2.53 bits per heavy atom. The monoisotopic (exact) mass is 438 g/mol. The average Bonchev–Trinajstić information content (AvgIpc) is 3.10. The Bertz CT molecular complexity index is 1240. The molecule has 0 fully saturated rings. The zero-order chi connectivity index (χ0) is 21.3. The van der Waals surface area contributed by atoms with Crippen LogP contribution in [0.2, 0.25) is 5.02 Å². The van der Waals surface area contributed by atoms with Crippen LogP contribution in [0.4, 0.5) is 5.69 Å². The fourth-order valence-electron chi connectivity index (χ4n) is 3.24. The van der Waals surface area contributed by atoms with Gasteiger partial charge in [-0.2, -0.15) is 0 Å². The third kappa shape index (κ3) is 3.84. The number of methoxy groups -OCH3 is 2. The first-order chi connectivity index (χ1) is 14.5. The van der Waals surface area contributed by atoms with Crippen LogP contribution in [0.1, 0.15) is 15.2 Å². The number of thiophene rings is 1. The quantitative estimate of drug-likeness (QED) is 0.394. The number of halogens is 1. The van der Waals surface area contributed by atoms with Crippen LogP contribution < -0.4 is 15.2 Å². The second-order valence-corrected chi connectivity index (χ2v) is 8.11. The predicted molar refractivity (Wildman–Crippen MR) is 122 cm³/mol. The maximum absolute atomic E-state index is 13.0. The number of hydrogen-bond donors (Lipinski definition) is 1. The van der Waals surface area contributed by atoms with E-state index in [1.807, 2.05) is 42.5 Å². The van der Waals surface area contributed by atoms with Crippen LogP contribution in [0, 0.1) is 0 Å². The van der Waals surface area contributed by atoms with Gasteiger partial charge in [-0.25, -0.2) is 4.98 Å². The summed E-state index contributed by atoms with van der Waals surface area (Å²) in [6.07, 6.45) is 0.175. The van der Waals surface area contributed by atoms with Crippen LogP contribution in [-0.4, -0.2) is 25.0 Å². The number of pyridine rings is 1. The highest BCUT2D eigenvalue weighted by atomic mass is 35.5. The van der Waals surface area contributed by atoms with Gasteiger partial charge in [0.2, 0.25) is 0 Å². The second-order valence-electron chi connectivity index (χ2n) is 6.68. The zero-order valence-corrected chi connectivity index (χ0v) is 18.0. The van der Waals surface area contributed by atoms with E-state index in [0.29, 0.717) is 27.1 Å². The fraction of sp³-hybridized carbons (Fsp3) is 0.130. The van der Waals surface area contributed by atoms with Crippen LogP contribution in [0.5, 0.6) is 11.5 Å². The van der Waals surface area contributed by atoms with Crippen LogP contribution in [0.15, 0.2) is 54.6 Å². The smallest absolute Gasteiger partial charge is 0.179 e. The first kappa shape index (κ1) is 20.2. The number of hydrogen-bond acceptors (Lipinski definition) is 6. The Kier molecular flexibility index (Phi) is 5.61. The van der Waals surface area contributed by atoms with Crippen molar-refractivity contribution >= 4 is 44.6 Å². The van der Waals surface area contributed by atoms with E-state index in [1.54, 1.807) is 26.4 Å². The third-order valence-corrected chi connectivity index (χ3v) is 6.24. The molecule has 0 spiro atoms. The number of nitrogen functional groups attached to an aromatic ring is 1. The Morgan fingerprint density at radius 1 is 1.07 bits per heavy atom. The van der Waals surface area contributed by atoms with Gasteiger partial charge in [-0.1, -0.05) is 29.8 Å². The van der Waals surface area contributed by atoms with E-state index in [1.165, 1.54) is 11.3 Å². The molecule has 2 heterocycles. The highest BCUT2D eigenvalue weighted by molar-refractivity contribution is 7.21. The van der Waals surface area contributed by atoms with Crippen LogP contribution in [-0.2, 0) is 6.42 Å². The molecular formula is C23H19ClN2O3S. The average molecular weight is 439 g/mol. The molecule has 0 aliphatic rings. The topological polar surface area (TPSA) is 74.4 Å². The molecule has 0 radical (unpaired) electrons. The van der Waals surface area contributed by atoms with E-state index in [9.17, 15) is 4.79 Å². The lowest BCUT2D eigenvalue weighted by Gasteiger charge is -2.09. The lowest BCUT2D eigenvalue weighted by molar-refractivity contribution is 0.0996. The molecule has 0 bridgehead atoms. The van der Waals surface area contributed by atoms with Crippen molar-refractivity contribution in [3.05, 3.63) is 70.1 Å². The van der Waals surface area contributed by atoms with Crippen molar-refractivity contribution in [1.29, 1.82) is 0 Å². The molecule has 152 valence electrons. The molecule has 30 heavy (non-hydrogen) atoms. The van der Waals surface area contributed by atoms with E-state index >= 15 is 0 Å². The Balaban J connectivity index is 1.66. The number of nitrogens with two attached hydrogens (primary N) is 1. The van der Waals surface area contributed by atoms with Gasteiger partial charge in [0, 0.05) is 34.0 Å². The zero-order valence-electron chi connectivity index (χ0n) is 16.4. The van der Waals surface area contributed by atoms with Crippen LogP contribution in [0.25, 0.3) is 21.5 Å². The van der Waals surface area contributed by atoms with Crippen molar-refractivity contribution in [1.82, 2.24) is 4.98 Å². The number of carbonyl (C=O) groups excluding carboxylic acids is 1. The Labute approximate surface area is 183 Å². The number of ether oxygens (including phenoxy) is 2. The fourth-order valence-corrected chi connectivity index (χ4v) is 4.39. The summed E-state index contributed by atoms with van der Waals surface area (Å²) in [6.45, 7) is 0. The molecule has 0 atom stereocenters. The molecule has 0 amide bonds. The summed E-state index contributed by atoms with van der Waals surface area (Å²) >= 11 is 7.28. The molecule has 2 N–H and O–H groups in total. The molecule has 2 aromatic carbocycles. The summed E-state index contributed by atoms with van der Waals surface area (Å²) < 4.78 is 10.6. The van der Waals surface area contributed by atoms with Gasteiger partial charge < -0.3 is 15.2 Å². The lowest BCUT2D eigenvalue weighted by atomic mass is 10.1. The highest BCUT2D eigenvalue weighted by Crippen LogP contribution is 2.36. The molecule has 0 saturated carbocycles. The summed E-state index contributed by atoms with van der Waals surface area (Å²) in [4.78, 5) is 19.0. The second kappa shape index (κ2) is 8.34. The van der Waals surface area contributed by atoms with Gasteiger partial charge in [0.1, 0.15) is 16.3 Å². The third-order valence-electron chi connectivity index (χ3n) is 4.83. The van der Waals surface area contributed by atoms with E-state index in [-0.39, 0.29) is 12.2 Å². The van der Waals surface area contributed by atoms with Crippen molar-refractivity contribution in [2.24, 2.45) is 0 Å². The summed E-state index contributed by atoms with van der Waals surface area (Å²) in [6, 6.07) is 16.7. The van der Waals surface area contributed by atoms with Gasteiger partial charge in [-0.05, 0) is 30.3 Å². The molecule has 5 nitrogen and oxygen atoms in total. The first-order valence-electron chi connectivity index (χ1n) is 9.19. The van der Waals surface area contributed by atoms with Gasteiger partial charge in [-0.3, -0.25) is 4.79 Å². The number of Topliss-reactive ketones (excluding diaryl/α,β-unsaturated/α-hetero) is 1. The molecule has 2 aromatic heterocycles. The van der Waals surface area contributed by atoms with Crippen LogP contribution in [0.3, 0.4) is 0 Å². The maximum atomic E-state index is 13.0. The van der Waals surface area contributed by atoms with E-state index in [0.717, 1.165) is 27.0 Å². The number of fused-ring (bicyclic) bond motifs is 1. The summed E-state index contributed by atoms with van der Waals surface area (Å²) in [5.74, 6) is 1.20. The van der Waals surface area contributed by atoms with Gasteiger partial charge in [0.15, 0.2) is 5.78 Å². The van der Waals surface area contributed by atoms with Crippen molar-refractivity contribution in [2.45, 2.75) is 6.42 Å². The van der Waals surface area contributed by atoms with Crippen LogP contribution >= 0.6 is 22.9 Å². The van der Waals surface area contributed by atoms with Gasteiger partial charge in [-0.15, -0.1) is 11.3 Å². The van der Waals surface area contributed by atoms with Crippen molar-refractivity contribution < 1.29 is 14.3 Å². The summed E-state index contributed by atoms with van der Waals surface area (Å²) in [7, 11) is 3.15. The molecular weight excluding hydrogens is 420 g/mol. The molecule has 4 aromatic rings. The standard InChI is InChI=1S/C23H19ClN2O3S/c1-28-16-8-5-14(20(12-16)29-2)11-19(27)22-21(25)17-9-10-18(26-23(17)30-22)13-3-6-15(24)7-4-13/h3-10,12H,11,25H2,1-2H3. The number of anilines is 1. The minimum atomic E-state index is -0.0768. The van der Waals surface area contributed by atoms with E-state index < -0.39 is 0 Å². The lowest BCUT2D eigenvalue weighted by Crippen LogP contribution is -2.05. The Morgan fingerprint density at radius 2 is 1.83 bits per heavy atom. The molecule has 7 heteroatoms.